The minimum absolute atomic E-state index is 0.110. The maximum Gasteiger partial charge on any atom is 0.257 e. The monoisotopic (exact) mass is 353 g/mol. The van der Waals surface area contributed by atoms with Crippen LogP contribution in [0.3, 0.4) is 0 Å². The van der Waals surface area contributed by atoms with E-state index in [0.29, 0.717) is 11.3 Å². The summed E-state index contributed by atoms with van der Waals surface area (Å²) in [6.45, 7) is 0. The number of amides is 1. The number of halogens is 2. The fourth-order valence-corrected chi connectivity index (χ4v) is 2.10. The largest absolute Gasteiger partial charge is 0.389 e. The molecule has 4 nitrogen and oxygen atoms in total. The second-order valence-corrected chi connectivity index (χ2v) is 5.26. The highest BCUT2D eigenvalue weighted by Gasteiger charge is 2.12. The van der Waals surface area contributed by atoms with E-state index in [1.807, 2.05) is 0 Å². The highest BCUT2D eigenvalue weighted by Crippen LogP contribution is 2.22. The zero-order chi connectivity index (χ0) is 14.7. The molecular formula is C13H9BrFN3OS. The number of hydrogen-bond donors (Lipinski definition) is 2. The van der Waals surface area contributed by atoms with E-state index in [0.717, 1.165) is 16.7 Å². The number of rotatable bonds is 3. The minimum atomic E-state index is -0.582. The first-order valence-corrected chi connectivity index (χ1v) is 6.69. The van der Waals surface area contributed by atoms with Gasteiger partial charge in [0.15, 0.2) is 0 Å². The molecule has 0 aliphatic rings. The van der Waals surface area contributed by atoms with Crippen molar-refractivity contribution in [3.8, 4) is 0 Å². The van der Waals surface area contributed by atoms with Crippen LogP contribution >= 0.6 is 28.1 Å². The van der Waals surface area contributed by atoms with Gasteiger partial charge < -0.3 is 11.1 Å². The van der Waals surface area contributed by atoms with Crippen LogP contribution in [0.15, 0.2) is 41.1 Å². The minimum Gasteiger partial charge on any atom is -0.389 e. The van der Waals surface area contributed by atoms with Crippen molar-refractivity contribution in [1.29, 1.82) is 0 Å². The van der Waals surface area contributed by atoms with E-state index in [-0.39, 0.29) is 10.6 Å². The van der Waals surface area contributed by atoms with Gasteiger partial charge in [-0.1, -0.05) is 28.1 Å². The summed E-state index contributed by atoms with van der Waals surface area (Å²) in [4.78, 5) is 15.8. The van der Waals surface area contributed by atoms with E-state index < -0.39 is 11.7 Å². The quantitative estimate of drug-likeness (QED) is 0.832. The molecule has 1 aromatic carbocycles. The molecule has 0 saturated heterocycles. The predicted molar refractivity (Wildman–Crippen MR) is 82.2 cm³/mol. The SMILES string of the molecule is NC(=S)c1ccc(Br)cc1NC(=O)c1cncc(F)c1. The summed E-state index contributed by atoms with van der Waals surface area (Å²) in [6, 6.07) is 6.21. The van der Waals surface area contributed by atoms with Gasteiger partial charge in [0.05, 0.1) is 17.4 Å². The van der Waals surface area contributed by atoms with E-state index in [1.165, 1.54) is 6.20 Å². The molecule has 0 radical (unpaired) electrons. The Hall–Kier alpha value is -1.86. The Morgan fingerprint density at radius 3 is 2.75 bits per heavy atom. The van der Waals surface area contributed by atoms with E-state index in [1.54, 1.807) is 18.2 Å². The second kappa shape index (κ2) is 6.06. The Morgan fingerprint density at radius 1 is 1.35 bits per heavy atom. The lowest BCUT2D eigenvalue weighted by atomic mass is 10.1. The van der Waals surface area contributed by atoms with Crippen LogP contribution in [-0.4, -0.2) is 15.9 Å². The van der Waals surface area contributed by atoms with Crippen LogP contribution in [0.2, 0.25) is 0 Å². The molecule has 0 spiro atoms. The molecule has 0 fully saturated rings. The third kappa shape index (κ3) is 3.37. The summed E-state index contributed by atoms with van der Waals surface area (Å²) in [6.07, 6.45) is 2.30. The van der Waals surface area contributed by atoms with Gasteiger partial charge in [-0.05, 0) is 24.3 Å². The van der Waals surface area contributed by atoms with Gasteiger partial charge in [-0.25, -0.2) is 4.39 Å². The van der Waals surface area contributed by atoms with Crippen molar-refractivity contribution in [3.63, 3.8) is 0 Å². The van der Waals surface area contributed by atoms with Crippen LogP contribution in [-0.2, 0) is 0 Å². The number of thiocarbonyl (C=S) groups is 1. The van der Waals surface area contributed by atoms with Crippen LogP contribution in [0, 0.1) is 5.82 Å². The van der Waals surface area contributed by atoms with E-state index >= 15 is 0 Å². The third-order valence-corrected chi connectivity index (χ3v) is 3.18. The lowest BCUT2D eigenvalue weighted by Gasteiger charge is -2.10. The smallest absolute Gasteiger partial charge is 0.257 e. The van der Waals surface area contributed by atoms with Gasteiger partial charge in [0, 0.05) is 16.2 Å². The van der Waals surface area contributed by atoms with Crippen molar-refractivity contribution in [3.05, 3.63) is 58.1 Å². The summed E-state index contributed by atoms with van der Waals surface area (Å²) >= 11 is 8.22. The van der Waals surface area contributed by atoms with E-state index in [4.69, 9.17) is 18.0 Å². The molecule has 20 heavy (non-hydrogen) atoms. The van der Waals surface area contributed by atoms with Crippen molar-refractivity contribution in [2.45, 2.75) is 0 Å². The molecule has 1 aromatic heterocycles. The fraction of sp³-hybridized carbons (Fsp3) is 0. The van der Waals surface area contributed by atoms with Crippen LogP contribution < -0.4 is 11.1 Å². The van der Waals surface area contributed by atoms with Gasteiger partial charge in [0.25, 0.3) is 5.91 Å². The zero-order valence-electron chi connectivity index (χ0n) is 10.1. The molecule has 0 saturated carbocycles. The lowest BCUT2D eigenvalue weighted by molar-refractivity contribution is 0.102. The van der Waals surface area contributed by atoms with E-state index in [9.17, 15) is 9.18 Å². The lowest BCUT2D eigenvalue weighted by Crippen LogP contribution is -2.18. The highest BCUT2D eigenvalue weighted by atomic mass is 79.9. The number of pyridine rings is 1. The first-order chi connectivity index (χ1) is 9.47. The summed E-state index contributed by atoms with van der Waals surface area (Å²) < 4.78 is 13.8. The van der Waals surface area contributed by atoms with E-state index in [2.05, 4.69) is 26.2 Å². The number of carbonyl (C=O) groups is 1. The molecule has 102 valence electrons. The molecular weight excluding hydrogens is 345 g/mol. The zero-order valence-corrected chi connectivity index (χ0v) is 12.5. The van der Waals surface area contributed by atoms with Crippen molar-refractivity contribution in [2.75, 3.05) is 5.32 Å². The Balaban J connectivity index is 2.32. The number of nitrogens with two attached hydrogens (primary N) is 1. The number of hydrogen-bond acceptors (Lipinski definition) is 3. The first-order valence-electron chi connectivity index (χ1n) is 5.48. The van der Waals surface area contributed by atoms with Gasteiger partial charge in [-0.3, -0.25) is 9.78 Å². The van der Waals surface area contributed by atoms with Crippen molar-refractivity contribution in [1.82, 2.24) is 4.98 Å². The number of nitrogens with one attached hydrogen (secondary N) is 1. The van der Waals surface area contributed by atoms with Crippen molar-refractivity contribution < 1.29 is 9.18 Å². The number of carbonyl (C=O) groups excluding carboxylic acids is 1. The maximum absolute atomic E-state index is 13.0. The average Bonchev–Trinajstić information content (AvgIpc) is 2.38. The Kier molecular flexibility index (Phi) is 4.41. The molecule has 3 N–H and O–H groups in total. The van der Waals surface area contributed by atoms with Crippen molar-refractivity contribution >= 4 is 44.7 Å². The van der Waals surface area contributed by atoms with Gasteiger partial charge >= 0.3 is 0 Å². The van der Waals surface area contributed by atoms with Crippen molar-refractivity contribution in [2.24, 2.45) is 5.73 Å². The Labute approximate surface area is 128 Å². The number of anilines is 1. The maximum atomic E-state index is 13.0. The van der Waals surface area contributed by atoms with Crippen LogP contribution in [0.1, 0.15) is 15.9 Å². The number of nitrogens with zero attached hydrogens (tertiary/aromatic N) is 1. The standard InChI is InChI=1S/C13H9BrFN3OS/c14-8-1-2-10(12(16)20)11(4-8)18-13(19)7-3-9(15)6-17-5-7/h1-6H,(H2,16,20)(H,18,19). The predicted octanol–water partition coefficient (Wildman–Crippen LogP) is 2.87. The van der Waals surface area contributed by atoms with Gasteiger partial charge in [0.2, 0.25) is 0 Å². The molecule has 0 atom stereocenters. The molecule has 2 aromatic rings. The number of benzene rings is 1. The highest BCUT2D eigenvalue weighted by molar-refractivity contribution is 9.10. The third-order valence-electron chi connectivity index (χ3n) is 2.46. The van der Waals surface area contributed by atoms with Crippen LogP contribution in [0.25, 0.3) is 0 Å². The van der Waals surface area contributed by atoms with Crippen LogP contribution in [0.5, 0.6) is 0 Å². The molecule has 0 aliphatic carbocycles. The van der Waals surface area contributed by atoms with Crippen LogP contribution in [0.4, 0.5) is 10.1 Å². The second-order valence-electron chi connectivity index (χ2n) is 3.90. The summed E-state index contributed by atoms with van der Waals surface area (Å²) in [7, 11) is 0. The fourth-order valence-electron chi connectivity index (χ4n) is 1.57. The average molecular weight is 354 g/mol. The summed E-state index contributed by atoms with van der Waals surface area (Å²) in [5.74, 6) is -1.07. The van der Waals surface area contributed by atoms with Gasteiger partial charge in [-0.2, -0.15) is 0 Å². The molecule has 0 aliphatic heterocycles. The Bertz CT molecular complexity index is 693. The molecule has 7 heteroatoms. The Morgan fingerprint density at radius 2 is 2.10 bits per heavy atom. The molecule has 0 unspecified atom stereocenters. The summed E-state index contributed by atoms with van der Waals surface area (Å²) in [5.41, 5.74) is 6.68. The van der Waals surface area contributed by atoms with Gasteiger partial charge in [0.1, 0.15) is 10.8 Å². The van der Waals surface area contributed by atoms with Gasteiger partial charge in [-0.15, -0.1) is 0 Å². The summed E-state index contributed by atoms with van der Waals surface area (Å²) in [5, 5.41) is 2.63. The molecule has 1 amide bonds. The molecule has 2 rings (SSSR count). The topological polar surface area (TPSA) is 68.0 Å². The normalized spacial score (nSPS) is 10.1. The molecule has 1 heterocycles. The molecule has 0 bridgehead atoms. The first kappa shape index (κ1) is 14.5. The number of aromatic nitrogens is 1.